The van der Waals surface area contributed by atoms with Crippen molar-refractivity contribution in [3.63, 3.8) is 0 Å². The first-order chi connectivity index (χ1) is 16.5. The van der Waals surface area contributed by atoms with Crippen LogP contribution in [0, 0.1) is 11.6 Å². The molecule has 0 amide bonds. The van der Waals surface area contributed by atoms with Gasteiger partial charge in [-0.2, -0.15) is 0 Å². The zero-order valence-electron chi connectivity index (χ0n) is 20.0. The van der Waals surface area contributed by atoms with Crippen LogP contribution in [0.1, 0.15) is 48.1 Å². The molecule has 2 aliphatic rings. The van der Waals surface area contributed by atoms with Crippen LogP contribution in [0.3, 0.4) is 0 Å². The molecule has 0 saturated carbocycles. The van der Waals surface area contributed by atoms with Crippen molar-refractivity contribution in [2.24, 2.45) is 0 Å². The molecule has 5 heteroatoms. The van der Waals surface area contributed by atoms with Crippen molar-refractivity contribution >= 4 is 11.8 Å². The van der Waals surface area contributed by atoms with E-state index in [4.69, 9.17) is 0 Å². The van der Waals surface area contributed by atoms with Gasteiger partial charge in [0.05, 0.1) is 6.54 Å². The fraction of sp³-hybridized carbons (Fsp3) is 0.379. The van der Waals surface area contributed by atoms with E-state index in [0.717, 1.165) is 50.5 Å². The zero-order valence-corrected chi connectivity index (χ0v) is 20.9. The first kappa shape index (κ1) is 23.5. The lowest BCUT2D eigenvalue weighted by Gasteiger charge is -2.35. The smallest absolute Gasteiger partial charge is 0.128 e. The summed E-state index contributed by atoms with van der Waals surface area (Å²) in [5, 5.41) is 0. The van der Waals surface area contributed by atoms with E-state index in [-0.39, 0.29) is 11.6 Å². The second kappa shape index (κ2) is 10.2. The number of halogens is 2. The minimum Gasteiger partial charge on any atom is -0.325 e. The van der Waals surface area contributed by atoms with Gasteiger partial charge in [0, 0.05) is 28.2 Å². The standard InChI is InChI=1S/C29H32F2N2S/c1-20(2)22-6-10-28-26(17-22)27(18-23-5-9-25(31)19-29(23)34-28)33-15-13-32(14-16-33)12-11-21-3-7-24(30)8-4-21/h3-10,17,19-20,27H,11-16,18H2,1-2H3/p+2/t27-/m0/s1. The molecule has 0 aromatic heterocycles. The van der Waals surface area contributed by atoms with Crippen LogP contribution in [0.5, 0.6) is 0 Å². The Morgan fingerprint density at radius 2 is 1.59 bits per heavy atom. The fourth-order valence-corrected chi connectivity index (χ4v) is 6.54. The molecule has 1 atom stereocenters. The Hall–Kier alpha value is -2.21. The summed E-state index contributed by atoms with van der Waals surface area (Å²) in [6, 6.07) is 19.5. The maximum Gasteiger partial charge on any atom is 0.128 e. The molecule has 2 N–H and O–H groups in total. The molecule has 0 aliphatic carbocycles. The van der Waals surface area contributed by atoms with E-state index in [2.05, 4.69) is 32.0 Å². The molecule has 2 heterocycles. The molecule has 34 heavy (non-hydrogen) atoms. The molecular weight excluding hydrogens is 446 g/mol. The third kappa shape index (κ3) is 5.22. The third-order valence-electron chi connectivity index (χ3n) is 7.52. The van der Waals surface area contributed by atoms with Crippen LogP contribution in [0.15, 0.2) is 70.5 Å². The molecule has 0 bridgehead atoms. The lowest BCUT2D eigenvalue weighted by Crippen LogP contribution is -3.28. The maximum atomic E-state index is 14.0. The van der Waals surface area contributed by atoms with Crippen LogP contribution < -0.4 is 9.80 Å². The summed E-state index contributed by atoms with van der Waals surface area (Å²) in [5.41, 5.74) is 5.28. The van der Waals surface area contributed by atoms with E-state index in [1.54, 1.807) is 45.8 Å². The first-order valence-corrected chi connectivity index (χ1v) is 13.3. The molecule has 178 valence electrons. The molecular formula is C29H34F2N2S+2. The van der Waals surface area contributed by atoms with E-state index < -0.39 is 0 Å². The highest BCUT2D eigenvalue weighted by Crippen LogP contribution is 2.41. The van der Waals surface area contributed by atoms with Gasteiger partial charge in [-0.15, -0.1) is 0 Å². The zero-order chi connectivity index (χ0) is 23.7. The summed E-state index contributed by atoms with van der Waals surface area (Å²) in [7, 11) is 0. The summed E-state index contributed by atoms with van der Waals surface area (Å²) in [5.74, 6) is 0.164. The third-order valence-corrected chi connectivity index (χ3v) is 8.71. The molecule has 3 aromatic carbocycles. The largest absolute Gasteiger partial charge is 0.325 e. The Bertz CT molecular complexity index is 1140. The predicted molar refractivity (Wildman–Crippen MR) is 134 cm³/mol. The Balaban J connectivity index is 1.33. The average Bonchev–Trinajstić information content (AvgIpc) is 3.00. The van der Waals surface area contributed by atoms with Crippen molar-refractivity contribution in [3.8, 4) is 0 Å². The van der Waals surface area contributed by atoms with Crippen LogP contribution in [-0.2, 0) is 12.8 Å². The van der Waals surface area contributed by atoms with Crippen LogP contribution >= 0.6 is 11.8 Å². The van der Waals surface area contributed by atoms with Crippen molar-refractivity contribution in [1.82, 2.24) is 0 Å². The van der Waals surface area contributed by atoms with Crippen molar-refractivity contribution in [3.05, 3.63) is 94.6 Å². The van der Waals surface area contributed by atoms with Gasteiger partial charge in [0.1, 0.15) is 43.9 Å². The highest BCUT2D eigenvalue weighted by atomic mass is 32.2. The molecule has 1 saturated heterocycles. The number of piperazine rings is 1. The van der Waals surface area contributed by atoms with Crippen LogP contribution in [0.2, 0.25) is 0 Å². The van der Waals surface area contributed by atoms with Gasteiger partial charge in [-0.1, -0.05) is 49.9 Å². The summed E-state index contributed by atoms with van der Waals surface area (Å²) in [6.07, 6.45) is 1.95. The van der Waals surface area contributed by atoms with E-state index in [0.29, 0.717) is 12.0 Å². The molecule has 0 unspecified atom stereocenters. The number of rotatable bonds is 5. The van der Waals surface area contributed by atoms with Gasteiger partial charge < -0.3 is 9.80 Å². The summed E-state index contributed by atoms with van der Waals surface area (Å²) >= 11 is 1.73. The summed E-state index contributed by atoms with van der Waals surface area (Å²) in [6.45, 7) is 10.2. The van der Waals surface area contributed by atoms with Crippen molar-refractivity contribution in [1.29, 1.82) is 0 Å². The molecule has 2 aliphatic heterocycles. The average molecular weight is 481 g/mol. The van der Waals surface area contributed by atoms with Crippen molar-refractivity contribution in [2.45, 2.75) is 48.4 Å². The van der Waals surface area contributed by atoms with Crippen LogP contribution in [0.25, 0.3) is 0 Å². The summed E-state index contributed by atoms with van der Waals surface area (Å²) < 4.78 is 27.2. The quantitative estimate of drug-likeness (QED) is 0.564. The highest BCUT2D eigenvalue weighted by molar-refractivity contribution is 7.99. The van der Waals surface area contributed by atoms with Gasteiger partial charge in [-0.05, 0) is 59.0 Å². The number of benzene rings is 3. The van der Waals surface area contributed by atoms with Crippen molar-refractivity contribution < 1.29 is 18.6 Å². The highest BCUT2D eigenvalue weighted by Gasteiger charge is 2.34. The number of nitrogens with one attached hydrogen (secondary N) is 2. The molecule has 1 fully saturated rings. The second-order valence-corrected chi connectivity index (χ2v) is 11.2. The molecule has 0 spiro atoms. The van der Waals surface area contributed by atoms with Crippen molar-refractivity contribution in [2.75, 3.05) is 32.7 Å². The Morgan fingerprint density at radius 1 is 0.853 bits per heavy atom. The number of hydrogen-bond donors (Lipinski definition) is 2. The molecule has 5 rings (SSSR count). The van der Waals surface area contributed by atoms with Gasteiger partial charge in [0.2, 0.25) is 0 Å². The van der Waals surface area contributed by atoms with Gasteiger partial charge in [-0.3, -0.25) is 0 Å². The Labute approximate surface area is 206 Å². The Morgan fingerprint density at radius 3 is 2.32 bits per heavy atom. The lowest BCUT2D eigenvalue weighted by molar-refractivity contribution is -1.03. The Kier molecular flexibility index (Phi) is 7.05. The SMILES string of the molecule is CC(C)c1ccc2c(c1)[C@@H]([NH+]1CC[NH+](CCc3ccc(F)cc3)CC1)Cc1ccc(F)cc1S2. The monoisotopic (exact) mass is 480 g/mol. The molecule has 0 radical (unpaired) electrons. The van der Waals surface area contributed by atoms with E-state index in [9.17, 15) is 8.78 Å². The van der Waals surface area contributed by atoms with Gasteiger partial charge in [-0.25, -0.2) is 8.78 Å². The van der Waals surface area contributed by atoms with Crippen LogP contribution in [0.4, 0.5) is 8.78 Å². The molecule has 2 nitrogen and oxygen atoms in total. The summed E-state index contributed by atoms with van der Waals surface area (Å²) in [4.78, 5) is 5.61. The number of quaternary nitrogens is 2. The van der Waals surface area contributed by atoms with Gasteiger partial charge >= 0.3 is 0 Å². The van der Waals surface area contributed by atoms with Gasteiger partial charge in [0.25, 0.3) is 0 Å². The minimum atomic E-state index is -0.167. The fourth-order valence-electron chi connectivity index (χ4n) is 5.39. The predicted octanol–water partition coefficient (Wildman–Crippen LogP) is 3.86. The lowest BCUT2D eigenvalue weighted by atomic mass is 9.93. The minimum absolute atomic E-state index is 0.157. The number of hydrogen-bond acceptors (Lipinski definition) is 1. The van der Waals surface area contributed by atoms with E-state index >= 15 is 0 Å². The van der Waals surface area contributed by atoms with E-state index in [1.165, 1.54) is 27.1 Å². The van der Waals surface area contributed by atoms with E-state index in [1.807, 2.05) is 18.2 Å². The normalized spacial score (nSPS) is 22.2. The first-order valence-electron chi connectivity index (χ1n) is 12.5. The second-order valence-electron chi connectivity index (χ2n) is 10.1. The molecule has 3 aromatic rings. The topological polar surface area (TPSA) is 8.88 Å². The van der Waals surface area contributed by atoms with Crippen LogP contribution in [-0.4, -0.2) is 32.7 Å². The number of fused-ring (bicyclic) bond motifs is 2. The maximum absolute atomic E-state index is 14.0. The van der Waals surface area contributed by atoms with Gasteiger partial charge in [0.15, 0.2) is 0 Å².